The topological polar surface area (TPSA) is 21.3 Å². The molecule has 2 heteroatoms. The maximum Gasteiger partial charge on any atom is 0.0977 e. The van der Waals surface area contributed by atoms with Gasteiger partial charge >= 0.3 is 0 Å². The lowest BCUT2D eigenvalue weighted by molar-refractivity contribution is -0.00854. The van der Waals surface area contributed by atoms with Crippen molar-refractivity contribution in [2.45, 2.75) is 25.0 Å². The van der Waals surface area contributed by atoms with Crippen molar-refractivity contribution in [2.24, 2.45) is 0 Å². The average molecular weight is 191 g/mol. The molecule has 1 aromatic carbocycles. The monoisotopic (exact) mass is 191 g/mol. The summed E-state index contributed by atoms with van der Waals surface area (Å²) in [5.41, 5.74) is 1.28. The van der Waals surface area contributed by atoms with Gasteiger partial charge in [0.05, 0.1) is 6.10 Å². The van der Waals surface area contributed by atoms with E-state index in [9.17, 15) is 0 Å². The van der Waals surface area contributed by atoms with E-state index in [1.54, 1.807) is 0 Å². The molecule has 0 saturated carbocycles. The van der Waals surface area contributed by atoms with Gasteiger partial charge in [-0.2, -0.15) is 0 Å². The van der Waals surface area contributed by atoms with Gasteiger partial charge in [0.25, 0.3) is 0 Å². The number of rotatable bonds is 2. The van der Waals surface area contributed by atoms with Crippen LogP contribution in [0.25, 0.3) is 0 Å². The largest absolute Gasteiger partial charge is 0.372 e. The molecule has 1 saturated heterocycles. The Balaban J connectivity index is 2.15. The van der Waals surface area contributed by atoms with Crippen LogP contribution in [0.15, 0.2) is 30.3 Å². The number of hydrogen-bond acceptors (Lipinski definition) is 2. The summed E-state index contributed by atoms with van der Waals surface area (Å²) in [6.45, 7) is 0.887. The Morgan fingerprint density at radius 3 is 2.79 bits per heavy atom. The fourth-order valence-electron chi connectivity index (χ4n) is 2.05. The number of hydrogen-bond donors (Lipinski definition) is 1. The van der Waals surface area contributed by atoms with Crippen LogP contribution in [0, 0.1) is 0 Å². The summed E-state index contributed by atoms with van der Waals surface area (Å²) in [7, 11) is 2.01. The highest BCUT2D eigenvalue weighted by atomic mass is 16.5. The molecule has 1 fully saturated rings. The number of benzene rings is 1. The van der Waals surface area contributed by atoms with Gasteiger partial charge in [-0.15, -0.1) is 0 Å². The summed E-state index contributed by atoms with van der Waals surface area (Å²) >= 11 is 0. The lowest BCUT2D eigenvalue weighted by Gasteiger charge is -2.31. The Morgan fingerprint density at radius 2 is 2.07 bits per heavy atom. The van der Waals surface area contributed by atoms with Crippen LogP contribution in [0.4, 0.5) is 0 Å². The Morgan fingerprint density at radius 1 is 1.29 bits per heavy atom. The van der Waals surface area contributed by atoms with Gasteiger partial charge in [0.2, 0.25) is 0 Å². The fraction of sp³-hybridized carbons (Fsp3) is 0.500. The van der Waals surface area contributed by atoms with E-state index in [4.69, 9.17) is 4.74 Å². The molecule has 0 aliphatic carbocycles. The van der Waals surface area contributed by atoms with Gasteiger partial charge in [-0.1, -0.05) is 30.3 Å². The minimum absolute atomic E-state index is 0.231. The molecule has 1 aliphatic heterocycles. The van der Waals surface area contributed by atoms with E-state index in [1.807, 2.05) is 13.1 Å². The lowest BCUT2D eigenvalue weighted by Crippen LogP contribution is -2.37. The maximum absolute atomic E-state index is 5.80. The third-order valence-electron chi connectivity index (χ3n) is 2.82. The second kappa shape index (κ2) is 4.58. The summed E-state index contributed by atoms with van der Waals surface area (Å²) in [4.78, 5) is 0. The quantitative estimate of drug-likeness (QED) is 0.773. The molecular weight excluding hydrogens is 174 g/mol. The first-order chi connectivity index (χ1) is 6.92. The van der Waals surface area contributed by atoms with E-state index in [0.29, 0.717) is 6.04 Å². The van der Waals surface area contributed by atoms with Gasteiger partial charge in [0, 0.05) is 12.6 Å². The normalized spacial score (nSPS) is 27.5. The molecule has 0 spiro atoms. The molecule has 1 aromatic rings. The SMILES string of the molecule is CN[C@@H]1CCCO[C@H]1c1ccccc1. The van der Waals surface area contributed by atoms with Gasteiger partial charge in [0.15, 0.2) is 0 Å². The molecule has 14 heavy (non-hydrogen) atoms. The molecule has 0 aromatic heterocycles. The second-order valence-corrected chi connectivity index (χ2v) is 3.74. The van der Waals surface area contributed by atoms with E-state index in [-0.39, 0.29) is 6.10 Å². The standard InChI is InChI=1S/C12H17NO/c1-13-11-8-5-9-14-12(11)10-6-3-2-4-7-10/h2-4,6-7,11-13H,5,8-9H2,1H3/t11-,12+/m1/s1. The van der Waals surface area contributed by atoms with E-state index in [1.165, 1.54) is 12.0 Å². The van der Waals surface area contributed by atoms with Gasteiger partial charge in [-0.25, -0.2) is 0 Å². The minimum atomic E-state index is 0.231. The van der Waals surface area contributed by atoms with Crippen molar-refractivity contribution < 1.29 is 4.74 Å². The molecule has 1 aliphatic rings. The zero-order valence-electron chi connectivity index (χ0n) is 8.57. The van der Waals surface area contributed by atoms with Gasteiger partial charge in [-0.3, -0.25) is 0 Å². The minimum Gasteiger partial charge on any atom is -0.372 e. The molecule has 1 heterocycles. The average Bonchev–Trinajstić information content (AvgIpc) is 2.30. The van der Waals surface area contributed by atoms with Crippen molar-refractivity contribution in [2.75, 3.05) is 13.7 Å². The Hall–Kier alpha value is -0.860. The van der Waals surface area contributed by atoms with Crippen LogP contribution in [0.3, 0.4) is 0 Å². The molecule has 0 amide bonds. The summed E-state index contributed by atoms with van der Waals surface area (Å²) in [6.07, 6.45) is 2.60. The van der Waals surface area contributed by atoms with Crippen LogP contribution in [-0.2, 0) is 4.74 Å². The zero-order chi connectivity index (χ0) is 9.80. The first-order valence-electron chi connectivity index (χ1n) is 5.25. The first kappa shape index (κ1) is 9.69. The van der Waals surface area contributed by atoms with Crippen molar-refractivity contribution in [1.82, 2.24) is 5.32 Å². The smallest absolute Gasteiger partial charge is 0.0977 e. The van der Waals surface area contributed by atoms with Crippen molar-refractivity contribution >= 4 is 0 Å². The van der Waals surface area contributed by atoms with Gasteiger partial charge < -0.3 is 10.1 Å². The highest BCUT2D eigenvalue weighted by molar-refractivity contribution is 5.19. The number of nitrogens with one attached hydrogen (secondary N) is 1. The van der Waals surface area contributed by atoms with Crippen LogP contribution < -0.4 is 5.32 Å². The zero-order valence-corrected chi connectivity index (χ0v) is 8.57. The van der Waals surface area contributed by atoms with E-state index < -0.39 is 0 Å². The number of likely N-dealkylation sites (N-methyl/N-ethyl adjacent to an activating group) is 1. The molecule has 2 nitrogen and oxygen atoms in total. The van der Waals surface area contributed by atoms with Crippen LogP contribution in [0.5, 0.6) is 0 Å². The summed E-state index contributed by atoms with van der Waals surface area (Å²) < 4.78 is 5.80. The fourth-order valence-corrected chi connectivity index (χ4v) is 2.05. The summed E-state index contributed by atoms with van der Waals surface area (Å²) in [6, 6.07) is 10.9. The van der Waals surface area contributed by atoms with Gasteiger partial charge in [-0.05, 0) is 25.5 Å². The Bertz CT molecular complexity index is 273. The van der Waals surface area contributed by atoms with Crippen LogP contribution in [-0.4, -0.2) is 19.7 Å². The predicted molar refractivity (Wildman–Crippen MR) is 57.2 cm³/mol. The Kier molecular flexibility index (Phi) is 3.17. The highest BCUT2D eigenvalue weighted by Gasteiger charge is 2.25. The van der Waals surface area contributed by atoms with Crippen LogP contribution in [0.1, 0.15) is 24.5 Å². The molecule has 0 bridgehead atoms. The molecular formula is C12H17NO. The molecule has 1 N–H and O–H groups in total. The van der Waals surface area contributed by atoms with Crippen molar-refractivity contribution in [3.63, 3.8) is 0 Å². The van der Waals surface area contributed by atoms with Crippen molar-refractivity contribution in [3.05, 3.63) is 35.9 Å². The molecule has 0 radical (unpaired) electrons. The van der Waals surface area contributed by atoms with Crippen LogP contribution >= 0.6 is 0 Å². The highest BCUT2D eigenvalue weighted by Crippen LogP contribution is 2.27. The molecule has 2 atom stereocenters. The third-order valence-corrected chi connectivity index (χ3v) is 2.82. The van der Waals surface area contributed by atoms with Crippen LogP contribution in [0.2, 0.25) is 0 Å². The van der Waals surface area contributed by atoms with Gasteiger partial charge in [0.1, 0.15) is 0 Å². The molecule has 76 valence electrons. The summed E-state index contributed by atoms with van der Waals surface area (Å²) in [5, 5.41) is 3.33. The van der Waals surface area contributed by atoms with Crippen molar-refractivity contribution in [3.8, 4) is 0 Å². The van der Waals surface area contributed by atoms with E-state index >= 15 is 0 Å². The van der Waals surface area contributed by atoms with E-state index in [2.05, 4.69) is 29.6 Å². The number of ether oxygens (including phenoxy) is 1. The maximum atomic E-state index is 5.80. The summed E-state index contributed by atoms with van der Waals surface area (Å²) in [5.74, 6) is 0. The van der Waals surface area contributed by atoms with Crippen molar-refractivity contribution in [1.29, 1.82) is 0 Å². The predicted octanol–water partition coefficient (Wildman–Crippen LogP) is 2.13. The Labute approximate surface area is 85.3 Å². The third kappa shape index (κ3) is 1.97. The molecule has 2 rings (SSSR count). The second-order valence-electron chi connectivity index (χ2n) is 3.74. The lowest BCUT2D eigenvalue weighted by atomic mass is 9.96. The first-order valence-corrected chi connectivity index (χ1v) is 5.25. The van der Waals surface area contributed by atoms with E-state index in [0.717, 1.165) is 13.0 Å². The molecule has 0 unspecified atom stereocenters.